The smallest absolute Gasteiger partial charge is 0.250 e. The summed E-state index contributed by atoms with van der Waals surface area (Å²) in [5.41, 5.74) is 1.19. The van der Waals surface area contributed by atoms with Crippen molar-refractivity contribution in [2.75, 3.05) is 28.4 Å². The molecule has 0 saturated carbocycles. The lowest BCUT2D eigenvalue weighted by Gasteiger charge is -2.36. The molecule has 0 radical (unpaired) electrons. The van der Waals surface area contributed by atoms with Gasteiger partial charge in [-0.2, -0.15) is 0 Å². The molecule has 0 aliphatic heterocycles. The van der Waals surface area contributed by atoms with Crippen molar-refractivity contribution in [2.24, 2.45) is 0 Å². The molecule has 0 heterocycles. The largest absolute Gasteiger partial charge is 0.541 e. The highest BCUT2D eigenvalue weighted by atomic mass is 32.2. The van der Waals surface area contributed by atoms with Crippen LogP contribution in [0.2, 0.25) is 18.1 Å². The first-order valence-corrected chi connectivity index (χ1v) is 15.3. The van der Waals surface area contributed by atoms with Gasteiger partial charge in [0.1, 0.15) is 5.75 Å². The fraction of sp³-hybridized carbons (Fsp3) is 0.500. The molecular weight excluding hydrogens is 460 g/mol. The first-order chi connectivity index (χ1) is 15.3. The molecule has 0 aliphatic rings. The predicted octanol–water partition coefficient (Wildman–Crippen LogP) is 5.22. The van der Waals surface area contributed by atoms with Gasteiger partial charge in [-0.25, -0.2) is 8.42 Å². The number of sulfone groups is 1. The van der Waals surface area contributed by atoms with Crippen molar-refractivity contribution in [3.8, 4) is 28.7 Å². The summed E-state index contributed by atoms with van der Waals surface area (Å²) in [6, 6.07) is 8.58. The van der Waals surface area contributed by atoms with Gasteiger partial charge in [0.05, 0.1) is 39.9 Å². The SMILES string of the molecule is COc1ccc(CS(=O)(=O)Cc2cc(OC)c(OC)c(OC)c2)cc1O[Si](C)(C)C(C)(C)C. The van der Waals surface area contributed by atoms with Crippen LogP contribution in [0.1, 0.15) is 31.9 Å². The Labute approximate surface area is 199 Å². The molecule has 184 valence electrons. The molecule has 2 rings (SSSR count). The van der Waals surface area contributed by atoms with Crippen molar-refractivity contribution in [1.82, 2.24) is 0 Å². The third kappa shape index (κ3) is 6.57. The summed E-state index contributed by atoms with van der Waals surface area (Å²) >= 11 is 0. The zero-order valence-electron chi connectivity index (χ0n) is 21.1. The van der Waals surface area contributed by atoms with Crippen LogP contribution < -0.4 is 23.4 Å². The molecule has 33 heavy (non-hydrogen) atoms. The number of rotatable bonds is 10. The van der Waals surface area contributed by atoms with Gasteiger partial charge in [-0.3, -0.25) is 0 Å². The Morgan fingerprint density at radius 3 is 1.67 bits per heavy atom. The van der Waals surface area contributed by atoms with Crippen molar-refractivity contribution in [3.05, 3.63) is 41.5 Å². The van der Waals surface area contributed by atoms with E-state index in [1.165, 1.54) is 21.3 Å². The summed E-state index contributed by atoms with van der Waals surface area (Å²) in [6.07, 6.45) is 0. The quantitative estimate of drug-likeness (QED) is 0.417. The highest BCUT2D eigenvalue weighted by Crippen LogP contribution is 2.41. The zero-order chi connectivity index (χ0) is 25.0. The molecule has 0 N–H and O–H groups in total. The van der Waals surface area contributed by atoms with Gasteiger partial charge in [-0.05, 0) is 53.5 Å². The molecule has 0 fully saturated rings. The van der Waals surface area contributed by atoms with Gasteiger partial charge in [0, 0.05) is 0 Å². The van der Waals surface area contributed by atoms with Crippen molar-refractivity contribution in [2.45, 2.75) is 50.4 Å². The second-order valence-electron chi connectivity index (χ2n) is 9.41. The van der Waals surface area contributed by atoms with Crippen molar-refractivity contribution in [1.29, 1.82) is 0 Å². The molecule has 0 amide bonds. The van der Waals surface area contributed by atoms with E-state index < -0.39 is 18.2 Å². The van der Waals surface area contributed by atoms with Crippen molar-refractivity contribution in [3.63, 3.8) is 0 Å². The first-order valence-electron chi connectivity index (χ1n) is 10.6. The van der Waals surface area contributed by atoms with Gasteiger partial charge < -0.3 is 23.4 Å². The van der Waals surface area contributed by atoms with E-state index in [1.54, 1.807) is 37.4 Å². The maximum Gasteiger partial charge on any atom is 0.250 e. The normalized spacial score (nSPS) is 12.3. The van der Waals surface area contributed by atoms with E-state index in [9.17, 15) is 8.42 Å². The fourth-order valence-corrected chi connectivity index (χ4v) is 5.58. The van der Waals surface area contributed by atoms with Crippen LogP contribution in [0.3, 0.4) is 0 Å². The van der Waals surface area contributed by atoms with Crippen LogP contribution >= 0.6 is 0 Å². The molecule has 0 bridgehead atoms. The molecular formula is C24H36O7SSi. The maximum atomic E-state index is 13.1. The molecule has 0 spiro atoms. The third-order valence-corrected chi connectivity index (χ3v) is 11.8. The van der Waals surface area contributed by atoms with Crippen LogP contribution in [0.25, 0.3) is 0 Å². The van der Waals surface area contributed by atoms with Gasteiger partial charge in [0.2, 0.25) is 5.75 Å². The summed E-state index contributed by atoms with van der Waals surface area (Å²) in [4.78, 5) is 0. The summed E-state index contributed by atoms with van der Waals surface area (Å²) in [7, 11) is 0.438. The Hall–Kier alpha value is -2.39. The van der Waals surface area contributed by atoms with Crippen LogP contribution in [0.15, 0.2) is 30.3 Å². The molecule has 0 saturated heterocycles. The lowest BCUT2D eigenvalue weighted by atomic mass is 10.2. The van der Waals surface area contributed by atoms with E-state index in [2.05, 4.69) is 33.9 Å². The van der Waals surface area contributed by atoms with E-state index >= 15 is 0 Å². The highest BCUT2D eigenvalue weighted by Gasteiger charge is 2.39. The third-order valence-electron chi connectivity index (χ3n) is 5.90. The average molecular weight is 497 g/mol. The minimum absolute atomic E-state index is 0.00737. The fourth-order valence-electron chi connectivity index (χ4n) is 3.10. The lowest BCUT2D eigenvalue weighted by Crippen LogP contribution is -2.43. The van der Waals surface area contributed by atoms with Gasteiger partial charge in [-0.1, -0.05) is 26.8 Å². The Kier molecular flexibility index (Phi) is 8.35. The van der Waals surface area contributed by atoms with Gasteiger partial charge in [-0.15, -0.1) is 0 Å². The molecule has 0 unspecified atom stereocenters. The average Bonchev–Trinajstić information content (AvgIpc) is 2.71. The van der Waals surface area contributed by atoms with Gasteiger partial charge in [0.15, 0.2) is 27.1 Å². The highest BCUT2D eigenvalue weighted by molar-refractivity contribution is 7.89. The second kappa shape index (κ2) is 10.3. The maximum absolute atomic E-state index is 13.1. The Balaban J connectivity index is 2.33. The summed E-state index contributed by atoms with van der Waals surface area (Å²) in [6.45, 7) is 10.7. The Bertz CT molecular complexity index is 1050. The number of benzene rings is 2. The topological polar surface area (TPSA) is 80.3 Å². The van der Waals surface area contributed by atoms with Crippen molar-refractivity contribution < 1.29 is 31.8 Å². The van der Waals surface area contributed by atoms with E-state index in [4.69, 9.17) is 23.4 Å². The standard InChI is InChI=1S/C24H36O7SSi/c1-24(2,3)33(8,9)31-20-12-17(10-11-19(20)27-4)15-32(25,26)16-18-13-21(28-5)23(30-7)22(14-18)29-6/h10-14H,15-16H2,1-9H3. The monoisotopic (exact) mass is 496 g/mol. The molecule has 0 aliphatic carbocycles. The van der Waals surface area contributed by atoms with Gasteiger partial charge >= 0.3 is 0 Å². The van der Waals surface area contributed by atoms with Crippen LogP contribution in [0, 0.1) is 0 Å². The molecule has 0 aromatic heterocycles. The molecule has 9 heteroatoms. The van der Waals surface area contributed by atoms with Crippen molar-refractivity contribution >= 4 is 18.2 Å². The van der Waals surface area contributed by atoms with Gasteiger partial charge in [0.25, 0.3) is 8.32 Å². The van der Waals surface area contributed by atoms with Crippen LogP contribution in [0.4, 0.5) is 0 Å². The zero-order valence-corrected chi connectivity index (χ0v) is 22.9. The molecule has 7 nitrogen and oxygen atoms in total. The molecule has 2 aromatic rings. The molecule has 0 atom stereocenters. The number of hydrogen-bond acceptors (Lipinski definition) is 7. The number of ether oxygens (including phenoxy) is 4. The van der Waals surface area contributed by atoms with Crippen LogP contribution in [-0.2, 0) is 21.3 Å². The minimum Gasteiger partial charge on any atom is -0.541 e. The van der Waals surface area contributed by atoms with E-state index in [0.717, 1.165) is 0 Å². The Morgan fingerprint density at radius 2 is 1.21 bits per heavy atom. The number of hydrogen-bond donors (Lipinski definition) is 0. The number of methoxy groups -OCH3 is 4. The minimum atomic E-state index is -3.50. The van der Waals surface area contributed by atoms with Crippen LogP contribution in [0.5, 0.6) is 28.7 Å². The summed E-state index contributed by atoms with van der Waals surface area (Å²) < 4.78 is 54.0. The first kappa shape index (κ1) is 26.9. The van der Waals surface area contributed by atoms with E-state index in [1.807, 2.05) is 0 Å². The second-order valence-corrected chi connectivity index (χ2v) is 16.2. The lowest BCUT2D eigenvalue weighted by molar-refractivity contribution is 0.324. The van der Waals surface area contributed by atoms with E-state index in [0.29, 0.717) is 39.9 Å². The molecule has 2 aromatic carbocycles. The van der Waals surface area contributed by atoms with Crippen LogP contribution in [-0.4, -0.2) is 45.2 Å². The summed E-state index contributed by atoms with van der Waals surface area (Å²) in [5.74, 6) is 2.10. The summed E-state index contributed by atoms with van der Waals surface area (Å²) in [5, 5.41) is -0.00737. The van der Waals surface area contributed by atoms with E-state index in [-0.39, 0.29) is 16.5 Å². The Morgan fingerprint density at radius 1 is 0.727 bits per heavy atom. The predicted molar refractivity (Wildman–Crippen MR) is 133 cm³/mol.